The van der Waals surface area contributed by atoms with E-state index in [0.29, 0.717) is 23.5 Å². The molecule has 0 radical (unpaired) electrons. The van der Waals surface area contributed by atoms with Gasteiger partial charge in [-0.15, -0.1) is 0 Å². The maximum Gasteiger partial charge on any atom is 0.419 e. The van der Waals surface area contributed by atoms with Crippen molar-refractivity contribution >= 4 is 11.6 Å². The van der Waals surface area contributed by atoms with Gasteiger partial charge in [-0.25, -0.2) is 9.37 Å². The zero-order valence-electron chi connectivity index (χ0n) is 10.9. The summed E-state index contributed by atoms with van der Waals surface area (Å²) in [6.07, 6.45) is -4.81. The zero-order valence-corrected chi connectivity index (χ0v) is 11.7. The average Bonchev–Trinajstić information content (AvgIpc) is 2.36. The van der Waals surface area contributed by atoms with Gasteiger partial charge in [0.25, 0.3) is 0 Å². The van der Waals surface area contributed by atoms with E-state index in [9.17, 15) is 17.6 Å². The molecule has 1 heterocycles. The Balaban J connectivity index is 2.41. The molecule has 1 aromatic carbocycles. The zero-order chi connectivity index (χ0) is 15.8. The first-order chi connectivity index (χ1) is 9.68. The van der Waals surface area contributed by atoms with E-state index in [1.54, 1.807) is 13.8 Å². The van der Waals surface area contributed by atoms with E-state index in [0.717, 1.165) is 6.07 Å². The number of hydrogen-bond acceptors (Lipinski definition) is 3. The van der Waals surface area contributed by atoms with Crippen molar-refractivity contribution in [2.45, 2.75) is 20.0 Å². The molecule has 0 N–H and O–H groups in total. The van der Waals surface area contributed by atoms with Crippen LogP contribution in [0.2, 0.25) is 5.15 Å². The van der Waals surface area contributed by atoms with Crippen LogP contribution in [0.5, 0.6) is 11.6 Å². The normalized spacial score (nSPS) is 11.6. The summed E-state index contributed by atoms with van der Waals surface area (Å²) in [6, 6.07) is 2.33. The van der Waals surface area contributed by atoms with Crippen LogP contribution < -0.4 is 4.74 Å². The third-order valence-electron chi connectivity index (χ3n) is 2.61. The number of hydrogen-bond donors (Lipinski definition) is 0. The van der Waals surface area contributed by atoms with Crippen molar-refractivity contribution in [1.29, 1.82) is 0 Å². The van der Waals surface area contributed by atoms with Crippen LogP contribution in [0.4, 0.5) is 17.6 Å². The lowest BCUT2D eigenvalue weighted by molar-refractivity contribution is -0.140. The fraction of sp³-hybridized carbons (Fsp3) is 0.231. The lowest BCUT2D eigenvalue weighted by atomic mass is 10.2. The minimum absolute atomic E-state index is 0.0206. The van der Waals surface area contributed by atoms with Gasteiger partial charge >= 0.3 is 6.18 Å². The number of halogens is 5. The lowest BCUT2D eigenvalue weighted by Gasteiger charge is -2.12. The molecule has 0 fully saturated rings. The summed E-state index contributed by atoms with van der Waals surface area (Å²) in [5.41, 5.74) is -1.03. The maximum atomic E-state index is 13.2. The molecular formula is C13H9ClF4N2O. The third kappa shape index (κ3) is 3.41. The first-order valence-corrected chi connectivity index (χ1v) is 6.11. The minimum atomic E-state index is -4.81. The SMILES string of the molecule is Cc1nc(Cl)c(C)c(Oc2ccc(F)c(C(F)(F)F)c2)n1. The minimum Gasteiger partial charge on any atom is -0.439 e. The van der Waals surface area contributed by atoms with Gasteiger partial charge in [0.1, 0.15) is 22.5 Å². The Morgan fingerprint density at radius 2 is 1.81 bits per heavy atom. The second kappa shape index (κ2) is 5.48. The van der Waals surface area contributed by atoms with Crippen molar-refractivity contribution in [2.75, 3.05) is 0 Å². The fourth-order valence-electron chi connectivity index (χ4n) is 1.57. The van der Waals surface area contributed by atoms with Crippen molar-refractivity contribution < 1.29 is 22.3 Å². The monoisotopic (exact) mass is 320 g/mol. The van der Waals surface area contributed by atoms with Crippen LogP contribution >= 0.6 is 11.6 Å². The van der Waals surface area contributed by atoms with Crippen molar-refractivity contribution in [2.24, 2.45) is 0 Å². The Morgan fingerprint density at radius 3 is 2.43 bits per heavy atom. The van der Waals surface area contributed by atoms with E-state index in [1.165, 1.54) is 0 Å². The standard InChI is InChI=1S/C13H9ClF4N2O/c1-6-11(14)19-7(2)20-12(6)21-8-3-4-10(15)9(5-8)13(16,17)18/h3-5H,1-2H3. The van der Waals surface area contributed by atoms with Crippen LogP contribution in [0, 0.1) is 19.7 Å². The topological polar surface area (TPSA) is 35.0 Å². The van der Waals surface area contributed by atoms with E-state index in [4.69, 9.17) is 16.3 Å². The first-order valence-electron chi connectivity index (χ1n) is 5.74. The molecule has 8 heteroatoms. The molecule has 0 spiro atoms. The Hall–Kier alpha value is -1.89. The second-order valence-corrected chi connectivity index (χ2v) is 4.59. The molecule has 0 amide bonds. The second-order valence-electron chi connectivity index (χ2n) is 4.23. The number of rotatable bonds is 2. The highest BCUT2D eigenvalue weighted by molar-refractivity contribution is 6.30. The molecule has 0 atom stereocenters. The molecule has 0 aliphatic rings. The number of aromatic nitrogens is 2. The summed E-state index contributed by atoms with van der Waals surface area (Å²) >= 11 is 5.84. The number of alkyl halides is 3. The average molecular weight is 321 g/mol. The van der Waals surface area contributed by atoms with Gasteiger partial charge in [0.15, 0.2) is 0 Å². The summed E-state index contributed by atoms with van der Waals surface area (Å²) in [4.78, 5) is 7.83. The van der Waals surface area contributed by atoms with E-state index in [-0.39, 0.29) is 16.8 Å². The van der Waals surface area contributed by atoms with Crippen molar-refractivity contribution in [1.82, 2.24) is 9.97 Å². The highest BCUT2D eigenvalue weighted by atomic mass is 35.5. The van der Waals surface area contributed by atoms with E-state index in [2.05, 4.69) is 9.97 Å². The fourth-order valence-corrected chi connectivity index (χ4v) is 1.77. The Bertz CT molecular complexity index is 689. The van der Waals surface area contributed by atoms with Gasteiger partial charge < -0.3 is 4.74 Å². The third-order valence-corrected chi connectivity index (χ3v) is 2.98. The molecule has 21 heavy (non-hydrogen) atoms. The van der Waals surface area contributed by atoms with E-state index < -0.39 is 17.6 Å². The van der Waals surface area contributed by atoms with Gasteiger partial charge in [-0.1, -0.05) is 11.6 Å². The number of nitrogens with zero attached hydrogens (tertiary/aromatic N) is 2. The van der Waals surface area contributed by atoms with Gasteiger partial charge in [-0.2, -0.15) is 18.2 Å². The van der Waals surface area contributed by atoms with E-state index in [1.807, 2.05) is 0 Å². The van der Waals surface area contributed by atoms with Gasteiger partial charge in [-0.3, -0.25) is 0 Å². The van der Waals surface area contributed by atoms with Crippen molar-refractivity contribution in [3.63, 3.8) is 0 Å². The predicted octanol–water partition coefficient (Wildman–Crippen LogP) is 4.70. The largest absolute Gasteiger partial charge is 0.439 e. The van der Waals surface area contributed by atoms with Crippen LogP contribution in [0.1, 0.15) is 17.0 Å². The van der Waals surface area contributed by atoms with Crippen molar-refractivity contribution in [3.8, 4) is 11.6 Å². The Labute approximate surface area is 122 Å². The van der Waals surface area contributed by atoms with Crippen LogP contribution in [-0.2, 0) is 6.18 Å². The van der Waals surface area contributed by atoms with Gasteiger partial charge in [0, 0.05) is 5.56 Å². The van der Waals surface area contributed by atoms with Gasteiger partial charge in [0.05, 0.1) is 5.56 Å². The molecule has 0 aliphatic carbocycles. The number of ether oxygens (including phenoxy) is 1. The summed E-state index contributed by atoms with van der Waals surface area (Å²) < 4.78 is 56.3. The quantitative estimate of drug-likeness (QED) is 0.594. The van der Waals surface area contributed by atoms with Crippen LogP contribution in [0.15, 0.2) is 18.2 Å². The molecule has 0 aliphatic heterocycles. The molecule has 2 aromatic rings. The molecule has 0 bridgehead atoms. The lowest BCUT2D eigenvalue weighted by Crippen LogP contribution is -2.08. The molecule has 0 unspecified atom stereocenters. The van der Waals surface area contributed by atoms with E-state index >= 15 is 0 Å². The molecule has 1 aromatic heterocycles. The molecule has 3 nitrogen and oxygen atoms in total. The van der Waals surface area contributed by atoms with Crippen molar-refractivity contribution in [3.05, 3.63) is 46.1 Å². The summed E-state index contributed by atoms with van der Waals surface area (Å²) in [6.45, 7) is 3.12. The number of aryl methyl sites for hydroxylation is 1. The maximum absolute atomic E-state index is 13.2. The highest BCUT2D eigenvalue weighted by Crippen LogP contribution is 2.35. The summed E-state index contributed by atoms with van der Waals surface area (Å²) in [5, 5.41) is 0.135. The molecule has 2 rings (SSSR count). The predicted molar refractivity (Wildman–Crippen MR) is 68.0 cm³/mol. The molecule has 112 valence electrons. The molecule has 0 saturated heterocycles. The van der Waals surface area contributed by atoms with Crippen LogP contribution in [-0.4, -0.2) is 9.97 Å². The van der Waals surface area contributed by atoms with Gasteiger partial charge in [-0.05, 0) is 32.0 Å². The summed E-state index contributed by atoms with van der Waals surface area (Å²) in [7, 11) is 0. The summed E-state index contributed by atoms with van der Waals surface area (Å²) in [5.74, 6) is -1.24. The first kappa shape index (κ1) is 15.5. The highest BCUT2D eigenvalue weighted by Gasteiger charge is 2.34. The Kier molecular flexibility index (Phi) is 4.04. The Morgan fingerprint density at radius 1 is 1.14 bits per heavy atom. The van der Waals surface area contributed by atoms with Crippen LogP contribution in [0.3, 0.4) is 0 Å². The molecular weight excluding hydrogens is 312 g/mol. The smallest absolute Gasteiger partial charge is 0.419 e. The number of benzene rings is 1. The van der Waals surface area contributed by atoms with Crippen LogP contribution in [0.25, 0.3) is 0 Å². The van der Waals surface area contributed by atoms with Gasteiger partial charge in [0.2, 0.25) is 5.88 Å². The molecule has 0 saturated carbocycles.